The fourth-order valence-electron chi connectivity index (χ4n) is 3.36. The van der Waals surface area contributed by atoms with Crippen molar-refractivity contribution >= 4 is 16.7 Å². The van der Waals surface area contributed by atoms with Crippen LogP contribution in [0.4, 0.5) is 0 Å². The highest BCUT2D eigenvalue weighted by Crippen LogP contribution is 2.36. The number of benzene rings is 2. The Morgan fingerprint density at radius 1 is 1.25 bits per heavy atom. The monoisotopic (exact) mass is 330 g/mol. The Kier molecular flexibility index (Phi) is 4.82. The van der Waals surface area contributed by atoms with Gasteiger partial charge in [0.05, 0.1) is 18.8 Å². The van der Waals surface area contributed by atoms with Gasteiger partial charge in [-0.05, 0) is 29.4 Å². The number of carboxylic acids is 1. The molecule has 0 saturated carbocycles. The van der Waals surface area contributed by atoms with Crippen molar-refractivity contribution in [2.45, 2.75) is 12.1 Å². The van der Waals surface area contributed by atoms with Gasteiger partial charge in [0.1, 0.15) is 5.72 Å². The van der Waals surface area contributed by atoms with E-state index in [0.29, 0.717) is 44.8 Å². The summed E-state index contributed by atoms with van der Waals surface area (Å²) in [7, 11) is 0. The predicted molar refractivity (Wildman–Crippen MR) is 90.9 cm³/mol. The van der Waals surface area contributed by atoms with Crippen molar-refractivity contribution in [3.05, 3.63) is 47.5 Å². The summed E-state index contributed by atoms with van der Waals surface area (Å²) in [5.41, 5.74) is 5.20. The van der Waals surface area contributed by atoms with E-state index >= 15 is 0 Å². The highest BCUT2D eigenvalue weighted by atomic mass is 16.5. The third-order valence-corrected chi connectivity index (χ3v) is 4.57. The van der Waals surface area contributed by atoms with Crippen LogP contribution in [0.5, 0.6) is 0 Å². The predicted octanol–water partition coefficient (Wildman–Crippen LogP) is 1.36. The van der Waals surface area contributed by atoms with Crippen LogP contribution < -0.4 is 5.73 Å². The second kappa shape index (κ2) is 6.86. The average molecular weight is 330 g/mol. The molecule has 1 fully saturated rings. The Morgan fingerprint density at radius 3 is 2.62 bits per heavy atom. The maximum absolute atomic E-state index is 11.5. The summed E-state index contributed by atoms with van der Waals surface area (Å²) in [6.45, 7) is 2.50. The standard InChI is InChI=1S/C18H22N2O4/c19-6-5-18(23,20-7-9-24-10-8-20)16-12-14(17(21)22)11-13-3-1-2-4-15(13)16/h1-4,11-12,23H,5-10,19H2,(H,21,22). The van der Waals surface area contributed by atoms with Gasteiger partial charge >= 0.3 is 5.97 Å². The van der Waals surface area contributed by atoms with Crippen molar-refractivity contribution in [1.82, 2.24) is 4.90 Å². The van der Waals surface area contributed by atoms with Crippen LogP contribution in [0.3, 0.4) is 0 Å². The minimum Gasteiger partial charge on any atom is -0.478 e. The summed E-state index contributed by atoms with van der Waals surface area (Å²) in [5, 5.41) is 22.6. The number of nitrogens with zero attached hydrogens (tertiary/aromatic N) is 1. The van der Waals surface area contributed by atoms with Crippen LogP contribution in [0.1, 0.15) is 22.3 Å². The van der Waals surface area contributed by atoms with Gasteiger partial charge < -0.3 is 20.7 Å². The highest BCUT2D eigenvalue weighted by molar-refractivity contribution is 5.96. The number of hydrogen-bond donors (Lipinski definition) is 3. The molecule has 0 aromatic heterocycles. The van der Waals surface area contributed by atoms with Gasteiger partial charge in [-0.3, -0.25) is 4.90 Å². The molecule has 1 saturated heterocycles. The van der Waals surface area contributed by atoms with Crippen LogP contribution in [-0.2, 0) is 10.5 Å². The molecule has 4 N–H and O–H groups in total. The van der Waals surface area contributed by atoms with Crippen LogP contribution in [0.15, 0.2) is 36.4 Å². The lowest BCUT2D eigenvalue weighted by atomic mass is 9.90. The van der Waals surface area contributed by atoms with Crippen LogP contribution in [0.25, 0.3) is 10.8 Å². The maximum Gasteiger partial charge on any atom is 0.335 e. The second-order valence-electron chi connectivity index (χ2n) is 6.00. The van der Waals surface area contributed by atoms with Crippen molar-refractivity contribution in [2.75, 3.05) is 32.8 Å². The van der Waals surface area contributed by atoms with E-state index in [-0.39, 0.29) is 5.56 Å². The molecule has 0 radical (unpaired) electrons. The maximum atomic E-state index is 11.5. The number of nitrogens with two attached hydrogens (primary N) is 1. The SMILES string of the molecule is NCCC(O)(c1cc(C(=O)O)cc2ccccc12)N1CCOCC1. The fraction of sp³-hybridized carbons (Fsp3) is 0.389. The van der Waals surface area contributed by atoms with E-state index in [1.54, 1.807) is 12.1 Å². The number of carbonyl (C=O) groups is 1. The normalized spacial score (nSPS) is 18.4. The van der Waals surface area contributed by atoms with E-state index in [1.807, 2.05) is 29.2 Å². The molecule has 2 aromatic carbocycles. The minimum absolute atomic E-state index is 0.160. The molecule has 1 aliphatic rings. The molecule has 2 aromatic rings. The van der Waals surface area contributed by atoms with Gasteiger partial charge in [0.15, 0.2) is 0 Å². The smallest absolute Gasteiger partial charge is 0.335 e. The first kappa shape index (κ1) is 16.9. The van der Waals surface area contributed by atoms with E-state index in [0.717, 1.165) is 10.8 Å². The third kappa shape index (κ3) is 3.01. The van der Waals surface area contributed by atoms with Gasteiger partial charge in [-0.25, -0.2) is 4.79 Å². The number of hydrogen-bond acceptors (Lipinski definition) is 5. The van der Waals surface area contributed by atoms with Gasteiger partial charge in [-0.1, -0.05) is 24.3 Å². The van der Waals surface area contributed by atoms with Crippen molar-refractivity contribution in [1.29, 1.82) is 0 Å². The Balaban J connectivity index is 2.20. The highest BCUT2D eigenvalue weighted by Gasteiger charge is 2.38. The number of ether oxygens (including phenoxy) is 1. The van der Waals surface area contributed by atoms with Gasteiger partial charge in [-0.2, -0.15) is 0 Å². The Bertz CT molecular complexity index is 743. The number of rotatable bonds is 5. The molecule has 24 heavy (non-hydrogen) atoms. The van der Waals surface area contributed by atoms with Crippen LogP contribution in [-0.4, -0.2) is 53.9 Å². The summed E-state index contributed by atoms with van der Waals surface area (Å²) in [4.78, 5) is 13.4. The summed E-state index contributed by atoms with van der Waals surface area (Å²) in [5.74, 6) is -1.01. The van der Waals surface area contributed by atoms with E-state index in [4.69, 9.17) is 10.5 Å². The Morgan fingerprint density at radius 2 is 1.96 bits per heavy atom. The van der Waals surface area contributed by atoms with Crippen molar-refractivity contribution in [2.24, 2.45) is 5.73 Å². The molecule has 1 unspecified atom stereocenters. The molecular weight excluding hydrogens is 308 g/mol. The zero-order chi connectivity index (χ0) is 17.2. The second-order valence-corrected chi connectivity index (χ2v) is 6.00. The van der Waals surface area contributed by atoms with Gasteiger partial charge in [0.2, 0.25) is 0 Å². The lowest BCUT2D eigenvalue weighted by Gasteiger charge is -2.42. The molecule has 0 spiro atoms. The largest absolute Gasteiger partial charge is 0.478 e. The number of fused-ring (bicyclic) bond motifs is 1. The first-order valence-electron chi connectivity index (χ1n) is 8.08. The summed E-state index contributed by atoms with van der Waals surface area (Å²) in [6, 6.07) is 10.7. The molecule has 128 valence electrons. The molecule has 3 rings (SSSR count). The van der Waals surface area contributed by atoms with Crippen LogP contribution in [0, 0.1) is 0 Å². The molecule has 1 aliphatic heterocycles. The minimum atomic E-state index is -1.32. The Hall–Kier alpha value is -1.99. The Labute approximate surface area is 140 Å². The number of morpholine rings is 1. The zero-order valence-electron chi connectivity index (χ0n) is 13.4. The molecule has 1 atom stereocenters. The average Bonchev–Trinajstić information content (AvgIpc) is 2.61. The fourth-order valence-corrected chi connectivity index (χ4v) is 3.36. The van der Waals surface area contributed by atoms with E-state index in [1.165, 1.54) is 0 Å². The lowest BCUT2D eigenvalue weighted by Crippen LogP contribution is -2.52. The van der Waals surface area contributed by atoms with Gasteiger partial charge in [0, 0.05) is 25.1 Å². The molecule has 0 amide bonds. The summed E-state index contributed by atoms with van der Waals surface area (Å²) >= 11 is 0. The van der Waals surface area contributed by atoms with Gasteiger partial charge in [-0.15, -0.1) is 0 Å². The van der Waals surface area contributed by atoms with E-state index in [9.17, 15) is 15.0 Å². The van der Waals surface area contributed by atoms with Crippen LogP contribution >= 0.6 is 0 Å². The van der Waals surface area contributed by atoms with Crippen molar-refractivity contribution < 1.29 is 19.7 Å². The summed E-state index contributed by atoms with van der Waals surface area (Å²) in [6.07, 6.45) is 0.320. The number of carboxylic acid groups (broad SMARTS) is 1. The molecule has 0 aliphatic carbocycles. The van der Waals surface area contributed by atoms with Gasteiger partial charge in [0.25, 0.3) is 0 Å². The molecule has 1 heterocycles. The van der Waals surface area contributed by atoms with Crippen molar-refractivity contribution in [3.63, 3.8) is 0 Å². The zero-order valence-corrected chi connectivity index (χ0v) is 13.4. The van der Waals surface area contributed by atoms with Crippen LogP contribution in [0.2, 0.25) is 0 Å². The number of aliphatic hydroxyl groups is 1. The molecule has 6 heteroatoms. The molecular formula is C18H22N2O4. The summed E-state index contributed by atoms with van der Waals surface area (Å²) < 4.78 is 5.38. The quantitative estimate of drug-likeness (QED) is 0.766. The molecule has 0 bridgehead atoms. The topological polar surface area (TPSA) is 96.0 Å². The first-order chi connectivity index (χ1) is 11.6. The van der Waals surface area contributed by atoms with E-state index < -0.39 is 11.7 Å². The molecule has 6 nitrogen and oxygen atoms in total. The first-order valence-corrected chi connectivity index (χ1v) is 8.08. The lowest BCUT2D eigenvalue weighted by molar-refractivity contribution is -0.150. The van der Waals surface area contributed by atoms with E-state index in [2.05, 4.69) is 0 Å². The number of aromatic carboxylic acids is 1. The van der Waals surface area contributed by atoms with Crippen molar-refractivity contribution in [3.8, 4) is 0 Å². The third-order valence-electron chi connectivity index (χ3n) is 4.57.